The van der Waals surface area contributed by atoms with Gasteiger partial charge in [0.1, 0.15) is 6.04 Å². The van der Waals surface area contributed by atoms with Crippen LogP contribution in [0.15, 0.2) is 6.07 Å². The van der Waals surface area contributed by atoms with Gasteiger partial charge in [-0.2, -0.15) is 12.7 Å². The number of anilines is 1. The molecule has 0 saturated carbocycles. The van der Waals surface area contributed by atoms with E-state index in [-0.39, 0.29) is 12.5 Å². The minimum Gasteiger partial charge on any atom is -0.480 e. The van der Waals surface area contributed by atoms with E-state index in [4.69, 9.17) is 5.11 Å². The van der Waals surface area contributed by atoms with Gasteiger partial charge in [0.2, 0.25) is 5.95 Å². The van der Waals surface area contributed by atoms with Crippen LogP contribution in [0.2, 0.25) is 0 Å². The Hall–Kier alpha value is -1.74. The quantitative estimate of drug-likeness (QED) is 0.845. The number of carbonyl (C=O) groups is 1. The van der Waals surface area contributed by atoms with Crippen LogP contribution in [0.5, 0.6) is 0 Å². The Morgan fingerprint density at radius 2 is 1.95 bits per heavy atom. The monoisotopic (exact) mass is 314 g/mol. The fourth-order valence-electron chi connectivity index (χ4n) is 2.39. The fourth-order valence-corrected chi connectivity index (χ4v) is 3.72. The molecule has 1 aromatic heterocycles. The normalized spacial score (nSPS) is 20.2. The number of aryl methyl sites for hydroxylation is 2. The molecule has 0 bridgehead atoms. The lowest BCUT2D eigenvalue weighted by molar-refractivity contribution is -0.142. The zero-order chi connectivity index (χ0) is 15.6. The first-order chi connectivity index (χ1) is 9.79. The lowest BCUT2D eigenvalue weighted by Crippen LogP contribution is -2.50. The van der Waals surface area contributed by atoms with Crippen LogP contribution in [0, 0.1) is 13.8 Å². The Morgan fingerprint density at radius 1 is 1.33 bits per heavy atom. The molecule has 0 spiro atoms. The molecular weight excluding hydrogens is 296 g/mol. The Labute approximate surface area is 123 Å². The van der Waals surface area contributed by atoms with Gasteiger partial charge >= 0.3 is 16.2 Å². The molecule has 21 heavy (non-hydrogen) atoms. The highest BCUT2D eigenvalue weighted by Crippen LogP contribution is 2.21. The summed E-state index contributed by atoms with van der Waals surface area (Å²) < 4.78 is 28.0. The van der Waals surface area contributed by atoms with Crippen molar-refractivity contribution < 1.29 is 18.3 Å². The van der Waals surface area contributed by atoms with E-state index in [1.165, 1.54) is 0 Å². The Kier molecular flexibility index (Phi) is 4.43. The summed E-state index contributed by atoms with van der Waals surface area (Å²) in [5.41, 5.74) is 1.27. The number of aliphatic carboxylic acids is 1. The van der Waals surface area contributed by atoms with Crippen molar-refractivity contribution in [3.8, 4) is 0 Å². The Bertz CT molecular complexity index is 626. The number of carboxylic acid groups (broad SMARTS) is 1. The minimum atomic E-state index is -3.99. The highest BCUT2D eigenvalue weighted by atomic mass is 32.2. The van der Waals surface area contributed by atoms with Gasteiger partial charge < -0.3 is 5.11 Å². The van der Waals surface area contributed by atoms with Gasteiger partial charge in [0.15, 0.2) is 0 Å². The molecule has 0 aliphatic carbocycles. The molecule has 1 aliphatic heterocycles. The lowest BCUT2D eigenvalue weighted by atomic mass is 10.1. The standard InChI is InChI=1S/C12H18N4O4S/c1-8-7-9(2)14-12(13-8)15-21(19,20)16-6-4-3-5-10(16)11(17)18/h7,10H,3-6H2,1-2H3,(H,17,18)(H,13,14,15). The molecule has 9 heteroatoms. The van der Waals surface area contributed by atoms with Crippen molar-refractivity contribution in [1.82, 2.24) is 14.3 Å². The number of carboxylic acids is 1. The molecule has 0 amide bonds. The van der Waals surface area contributed by atoms with Crippen molar-refractivity contribution in [3.63, 3.8) is 0 Å². The molecule has 2 rings (SSSR count). The molecule has 116 valence electrons. The molecule has 1 aromatic rings. The molecule has 1 aliphatic rings. The number of nitrogens with zero attached hydrogens (tertiary/aromatic N) is 3. The van der Waals surface area contributed by atoms with E-state index in [1.807, 2.05) is 0 Å². The molecule has 8 nitrogen and oxygen atoms in total. The predicted octanol–water partition coefficient (Wildman–Crippen LogP) is 0.689. The van der Waals surface area contributed by atoms with Crippen LogP contribution in [0.4, 0.5) is 5.95 Å². The van der Waals surface area contributed by atoms with Crippen LogP contribution in [0.1, 0.15) is 30.7 Å². The summed E-state index contributed by atoms with van der Waals surface area (Å²) >= 11 is 0. The number of rotatable bonds is 4. The SMILES string of the molecule is Cc1cc(C)nc(NS(=O)(=O)N2CCCCC2C(=O)O)n1. The number of nitrogens with one attached hydrogen (secondary N) is 1. The van der Waals surface area contributed by atoms with Gasteiger partial charge in [0.05, 0.1) is 0 Å². The highest BCUT2D eigenvalue weighted by Gasteiger charge is 2.37. The summed E-state index contributed by atoms with van der Waals surface area (Å²) in [6, 6.07) is 0.681. The third kappa shape index (κ3) is 3.67. The van der Waals surface area contributed by atoms with Crippen LogP contribution < -0.4 is 4.72 Å². The minimum absolute atomic E-state index is 0.0396. The third-order valence-electron chi connectivity index (χ3n) is 3.25. The van der Waals surface area contributed by atoms with Crippen molar-refractivity contribution >= 4 is 22.1 Å². The average Bonchev–Trinajstić information content (AvgIpc) is 2.36. The topological polar surface area (TPSA) is 112 Å². The van der Waals surface area contributed by atoms with Crippen LogP contribution in [-0.4, -0.2) is 46.4 Å². The fraction of sp³-hybridized carbons (Fsp3) is 0.583. The second-order valence-electron chi connectivity index (χ2n) is 5.04. The molecular formula is C12H18N4O4S. The van der Waals surface area contributed by atoms with Crippen molar-refractivity contribution in [2.75, 3.05) is 11.3 Å². The van der Waals surface area contributed by atoms with Gasteiger partial charge in [-0.25, -0.2) is 14.7 Å². The third-order valence-corrected chi connectivity index (χ3v) is 4.75. The zero-order valence-electron chi connectivity index (χ0n) is 11.9. The summed E-state index contributed by atoms with van der Waals surface area (Å²) in [4.78, 5) is 19.2. The van der Waals surface area contributed by atoms with Gasteiger partial charge in [-0.3, -0.25) is 4.79 Å². The number of hydrogen-bond donors (Lipinski definition) is 2. The highest BCUT2D eigenvalue weighted by molar-refractivity contribution is 7.90. The summed E-state index contributed by atoms with van der Waals surface area (Å²) in [7, 11) is -3.99. The Balaban J connectivity index is 2.26. The molecule has 1 unspecified atom stereocenters. The van der Waals surface area contributed by atoms with Gasteiger partial charge in [0.25, 0.3) is 0 Å². The van der Waals surface area contributed by atoms with Crippen LogP contribution in [-0.2, 0) is 15.0 Å². The molecule has 1 fully saturated rings. The number of hydrogen-bond acceptors (Lipinski definition) is 5. The smallest absolute Gasteiger partial charge is 0.322 e. The van der Waals surface area contributed by atoms with Crippen LogP contribution in [0.3, 0.4) is 0 Å². The van der Waals surface area contributed by atoms with Crippen molar-refractivity contribution in [2.45, 2.75) is 39.2 Å². The van der Waals surface area contributed by atoms with E-state index in [2.05, 4.69) is 14.7 Å². The summed E-state index contributed by atoms with van der Waals surface area (Å²) in [5.74, 6) is -1.18. The second-order valence-corrected chi connectivity index (χ2v) is 6.67. The molecule has 2 heterocycles. The second kappa shape index (κ2) is 5.94. The molecule has 0 radical (unpaired) electrons. The first kappa shape index (κ1) is 15.6. The van der Waals surface area contributed by atoms with E-state index >= 15 is 0 Å². The number of aromatic nitrogens is 2. The van der Waals surface area contributed by atoms with Crippen molar-refractivity contribution in [2.24, 2.45) is 0 Å². The predicted molar refractivity (Wildman–Crippen MR) is 76.0 cm³/mol. The van der Waals surface area contributed by atoms with Gasteiger partial charge in [-0.05, 0) is 39.2 Å². The van der Waals surface area contributed by atoms with Crippen LogP contribution >= 0.6 is 0 Å². The maximum Gasteiger partial charge on any atom is 0.322 e. The average molecular weight is 314 g/mol. The van der Waals surface area contributed by atoms with Gasteiger partial charge in [-0.15, -0.1) is 0 Å². The summed E-state index contributed by atoms with van der Waals surface area (Å²) in [6.45, 7) is 3.64. The summed E-state index contributed by atoms with van der Waals surface area (Å²) in [5, 5.41) is 9.16. The van der Waals surface area contributed by atoms with E-state index in [0.29, 0.717) is 30.7 Å². The zero-order valence-corrected chi connectivity index (χ0v) is 12.7. The maximum atomic E-state index is 12.4. The molecule has 2 N–H and O–H groups in total. The molecule has 1 atom stereocenters. The first-order valence-electron chi connectivity index (χ1n) is 6.64. The summed E-state index contributed by atoms with van der Waals surface area (Å²) in [6.07, 6.45) is 1.64. The molecule has 1 saturated heterocycles. The van der Waals surface area contributed by atoms with Gasteiger partial charge in [0, 0.05) is 17.9 Å². The maximum absolute atomic E-state index is 12.4. The van der Waals surface area contributed by atoms with Crippen LogP contribution in [0.25, 0.3) is 0 Å². The van der Waals surface area contributed by atoms with E-state index in [0.717, 1.165) is 4.31 Å². The lowest BCUT2D eigenvalue weighted by Gasteiger charge is -2.31. The van der Waals surface area contributed by atoms with E-state index in [1.54, 1.807) is 19.9 Å². The first-order valence-corrected chi connectivity index (χ1v) is 8.08. The molecule has 0 aromatic carbocycles. The van der Waals surface area contributed by atoms with E-state index < -0.39 is 22.2 Å². The van der Waals surface area contributed by atoms with Crippen molar-refractivity contribution in [3.05, 3.63) is 17.5 Å². The Morgan fingerprint density at radius 3 is 2.52 bits per heavy atom. The van der Waals surface area contributed by atoms with Gasteiger partial charge in [-0.1, -0.05) is 0 Å². The largest absolute Gasteiger partial charge is 0.480 e. The number of piperidine rings is 1. The van der Waals surface area contributed by atoms with Crippen molar-refractivity contribution in [1.29, 1.82) is 0 Å². The van der Waals surface area contributed by atoms with E-state index in [9.17, 15) is 13.2 Å².